The highest BCUT2D eigenvalue weighted by atomic mass is 19.3. The fourth-order valence-corrected chi connectivity index (χ4v) is 2.32. The number of nitrogens with zero attached hydrogens (tertiary/aromatic N) is 1. The van der Waals surface area contributed by atoms with Gasteiger partial charge in [0.15, 0.2) is 5.69 Å². The first-order valence-electron chi connectivity index (χ1n) is 7.58. The molecule has 0 aliphatic heterocycles. The summed E-state index contributed by atoms with van der Waals surface area (Å²) in [7, 11) is 0. The maximum atomic E-state index is 12.3. The number of ether oxygens (including phenoxy) is 1. The molecule has 2 aromatic carbocycles. The number of halogens is 2. The molecule has 0 aliphatic carbocycles. The van der Waals surface area contributed by atoms with E-state index in [-0.39, 0.29) is 22.4 Å². The SMILES string of the molecule is O=C(NNC(=O)c1n[nH]c(=O)c2ccccc12)c1ccc(OC(F)F)cc1. The molecule has 10 heteroatoms. The molecule has 8 nitrogen and oxygen atoms in total. The molecular weight excluding hydrogens is 362 g/mol. The molecule has 27 heavy (non-hydrogen) atoms. The standard InChI is InChI=1S/C17H12F2N4O4/c18-17(19)27-10-7-5-9(6-8-10)14(24)21-23-16(26)13-11-3-1-2-4-12(11)15(25)22-20-13/h1-8,17H,(H,21,24)(H,22,25)(H,23,26). The van der Waals surface area contributed by atoms with Crippen molar-refractivity contribution in [3.8, 4) is 5.75 Å². The van der Waals surface area contributed by atoms with Gasteiger partial charge in [0.25, 0.3) is 17.4 Å². The lowest BCUT2D eigenvalue weighted by Crippen LogP contribution is -2.42. The predicted octanol–water partition coefficient (Wildman–Crippen LogP) is 1.60. The van der Waals surface area contributed by atoms with Gasteiger partial charge in [-0.1, -0.05) is 18.2 Å². The lowest BCUT2D eigenvalue weighted by molar-refractivity contribution is -0.0498. The molecule has 3 rings (SSSR count). The number of benzene rings is 2. The average Bonchev–Trinajstić information content (AvgIpc) is 2.66. The van der Waals surface area contributed by atoms with Gasteiger partial charge in [-0.2, -0.15) is 13.9 Å². The van der Waals surface area contributed by atoms with Crippen LogP contribution < -0.4 is 21.1 Å². The number of hydrazine groups is 1. The molecule has 0 saturated carbocycles. The number of hydrogen-bond acceptors (Lipinski definition) is 5. The van der Waals surface area contributed by atoms with Gasteiger partial charge in [0.05, 0.1) is 5.39 Å². The number of alkyl halides is 2. The maximum Gasteiger partial charge on any atom is 0.387 e. The summed E-state index contributed by atoms with van der Waals surface area (Å²) < 4.78 is 28.4. The number of carbonyl (C=O) groups excluding carboxylic acids is 2. The van der Waals surface area contributed by atoms with Crippen LogP contribution in [-0.4, -0.2) is 28.6 Å². The zero-order chi connectivity index (χ0) is 19.4. The van der Waals surface area contributed by atoms with Gasteiger partial charge < -0.3 is 4.74 Å². The monoisotopic (exact) mass is 374 g/mol. The van der Waals surface area contributed by atoms with Gasteiger partial charge in [0, 0.05) is 10.9 Å². The van der Waals surface area contributed by atoms with Gasteiger partial charge in [-0.15, -0.1) is 0 Å². The van der Waals surface area contributed by atoms with Gasteiger partial charge >= 0.3 is 6.61 Å². The molecule has 3 N–H and O–H groups in total. The highest BCUT2D eigenvalue weighted by Crippen LogP contribution is 2.15. The molecule has 2 amide bonds. The van der Waals surface area contributed by atoms with Crippen molar-refractivity contribution in [1.29, 1.82) is 0 Å². The third-order valence-corrected chi connectivity index (χ3v) is 3.54. The number of fused-ring (bicyclic) bond motifs is 1. The highest BCUT2D eigenvalue weighted by Gasteiger charge is 2.15. The van der Waals surface area contributed by atoms with E-state index < -0.39 is 24.0 Å². The van der Waals surface area contributed by atoms with Crippen LogP contribution in [0.15, 0.2) is 53.3 Å². The van der Waals surface area contributed by atoms with E-state index in [0.717, 1.165) is 0 Å². The van der Waals surface area contributed by atoms with Gasteiger partial charge in [0.2, 0.25) is 0 Å². The van der Waals surface area contributed by atoms with E-state index in [2.05, 4.69) is 25.8 Å². The molecule has 138 valence electrons. The Morgan fingerprint density at radius 1 is 0.963 bits per heavy atom. The molecule has 3 aromatic rings. The molecule has 0 unspecified atom stereocenters. The first-order chi connectivity index (χ1) is 13.0. The van der Waals surface area contributed by atoms with E-state index >= 15 is 0 Å². The number of H-pyrrole nitrogens is 1. The van der Waals surface area contributed by atoms with E-state index in [0.29, 0.717) is 5.39 Å². The number of hydrogen-bond donors (Lipinski definition) is 3. The third kappa shape index (κ3) is 4.06. The Bertz CT molecular complexity index is 1050. The van der Waals surface area contributed by atoms with Crippen molar-refractivity contribution in [2.24, 2.45) is 0 Å². The number of aromatic amines is 1. The fourth-order valence-electron chi connectivity index (χ4n) is 2.32. The van der Waals surface area contributed by atoms with Crippen LogP contribution in [0.5, 0.6) is 5.75 Å². The van der Waals surface area contributed by atoms with Crippen molar-refractivity contribution in [2.75, 3.05) is 0 Å². The summed E-state index contributed by atoms with van der Waals surface area (Å²) in [6, 6.07) is 11.3. The molecule has 1 heterocycles. The number of aromatic nitrogens is 2. The zero-order valence-corrected chi connectivity index (χ0v) is 13.5. The van der Waals surface area contributed by atoms with Crippen LogP contribution in [0.25, 0.3) is 10.8 Å². The first kappa shape index (κ1) is 18.0. The normalized spacial score (nSPS) is 10.6. The Morgan fingerprint density at radius 3 is 2.26 bits per heavy atom. The van der Waals surface area contributed by atoms with Crippen molar-refractivity contribution in [3.63, 3.8) is 0 Å². The van der Waals surface area contributed by atoms with Crippen molar-refractivity contribution in [3.05, 3.63) is 70.1 Å². The lowest BCUT2D eigenvalue weighted by Gasteiger charge is -2.09. The molecule has 0 bridgehead atoms. The van der Waals surface area contributed by atoms with Gasteiger partial charge in [-0.25, -0.2) is 5.10 Å². The van der Waals surface area contributed by atoms with E-state index in [1.165, 1.54) is 30.3 Å². The molecule has 0 spiro atoms. The summed E-state index contributed by atoms with van der Waals surface area (Å²) in [5.41, 5.74) is 3.94. The molecule has 0 fully saturated rings. The molecule has 1 aromatic heterocycles. The second-order valence-electron chi connectivity index (χ2n) is 5.26. The maximum absolute atomic E-state index is 12.3. The fraction of sp³-hybridized carbons (Fsp3) is 0.0588. The topological polar surface area (TPSA) is 113 Å². The summed E-state index contributed by atoms with van der Waals surface area (Å²) in [5.74, 6) is -1.52. The van der Waals surface area contributed by atoms with Crippen LogP contribution in [0, 0.1) is 0 Å². The van der Waals surface area contributed by atoms with Gasteiger partial charge in [0.1, 0.15) is 5.75 Å². The Kier molecular flexibility index (Phi) is 5.06. The molecule has 0 radical (unpaired) electrons. The molecule has 0 aliphatic rings. The minimum atomic E-state index is -2.97. The van der Waals surface area contributed by atoms with E-state index in [4.69, 9.17) is 0 Å². The smallest absolute Gasteiger partial charge is 0.387 e. The van der Waals surface area contributed by atoms with Gasteiger partial charge in [-0.05, 0) is 30.3 Å². The number of nitrogens with one attached hydrogen (secondary N) is 3. The number of rotatable bonds is 4. The minimum absolute atomic E-state index is 0.0776. The molecular formula is C17H12F2N4O4. The highest BCUT2D eigenvalue weighted by molar-refractivity contribution is 6.05. The van der Waals surface area contributed by atoms with Crippen LogP contribution in [-0.2, 0) is 0 Å². The summed E-state index contributed by atoms with van der Waals surface area (Å²) in [4.78, 5) is 36.0. The second kappa shape index (κ2) is 7.60. The largest absolute Gasteiger partial charge is 0.435 e. The number of amides is 2. The third-order valence-electron chi connectivity index (χ3n) is 3.54. The summed E-state index contributed by atoms with van der Waals surface area (Å²) in [6.07, 6.45) is 0. The van der Waals surface area contributed by atoms with E-state index in [1.54, 1.807) is 18.2 Å². The average molecular weight is 374 g/mol. The predicted molar refractivity (Wildman–Crippen MR) is 90.4 cm³/mol. The Morgan fingerprint density at radius 2 is 1.59 bits per heavy atom. The van der Waals surface area contributed by atoms with Crippen LogP contribution in [0.2, 0.25) is 0 Å². The quantitative estimate of drug-likeness (QED) is 0.601. The van der Waals surface area contributed by atoms with Crippen LogP contribution in [0.1, 0.15) is 20.8 Å². The van der Waals surface area contributed by atoms with Crippen molar-refractivity contribution < 1.29 is 23.1 Å². The van der Waals surface area contributed by atoms with E-state index in [1.807, 2.05) is 0 Å². The summed E-state index contributed by atoms with van der Waals surface area (Å²) >= 11 is 0. The summed E-state index contributed by atoms with van der Waals surface area (Å²) in [6.45, 7) is -2.97. The zero-order valence-electron chi connectivity index (χ0n) is 13.5. The Labute approximate surface area is 150 Å². The van der Waals surface area contributed by atoms with Crippen molar-refractivity contribution >= 4 is 22.6 Å². The first-order valence-corrected chi connectivity index (χ1v) is 7.58. The molecule has 0 saturated heterocycles. The van der Waals surface area contributed by atoms with Crippen LogP contribution in [0.4, 0.5) is 8.78 Å². The number of carbonyl (C=O) groups is 2. The van der Waals surface area contributed by atoms with Crippen LogP contribution >= 0.6 is 0 Å². The Hall–Kier alpha value is -3.82. The minimum Gasteiger partial charge on any atom is -0.435 e. The molecule has 0 atom stereocenters. The summed E-state index contributed by atoms with van der Waals surface area (Å²) in [5, 5.41) is 6.52. The van der Waals surface area contributed by atoms with Crippen LogP contribution in [0.3, 0.4) is 0 Å². The lowest BCUT2D eigenvalue weighted by atomic mass is 10.1. The van der Waals surface area contributed by atoms with E-state index in [9.17, 15) is 23.2 Å². The van der Waals surface area contributed by atoms with Gasteiger partial charge in [-0.3, -0.25) is 25.2 Å². The Balaban J connectivity index is 1.70. The second-order valence-corrected chi connectivity index (χ2v) is 5.26. The van der Waals surface area contributed by atoms with Crippen molar-refractivity contribution in [1.82, 2.24) is 21.0 Å². The van der Waals surface area contributed by atoms with Crippen molar-refractivity contribution in [2.45, 2.75) is 6.61 Å².